The van der Waals surface area contributed by atoms with Crippen molar-refractivity contribution in [2.24, 2.45) is 5.92 Å². The molecule has 1 amide bonds. The van der Waals surface area contributed by atoms with Crippen molar-refractivity contribution < 1.29 is 4.79 Å². The summed E-state index contributed by atoms with van der Waals surface area (Å²) < 4.78 is 0. The zero-order valence-corrected chi connectivity index (χ0v) is 18.7. The molecular formula is C27H29N5O. The third kappa shape index (κ3) is 5.11. The summed E-state index contributed by atoms with van der Waals surface area (Å²) in [5, 5.41) is 3.42. The van der Waals surface area contributed by atoms with E-state index in [1.807, 2.05) is 53.4 Å². The second kappa shape index (κ2) is 9.94. The molecule has 5 rings (SSSR count). The number of nitrogens with one attached hydrogen (secondary N) is 1. The molecule has 6 heteroatoms. The first-order chi connectivity index (χ1) is 16.3. The van der Waals surface area contributed by atoms with Crippen LogP contribution in [0, 0.1) is 5.92 Å². The Bertz CT molecular complexity index is 1120. The van der Waals surface area contributed by atoms with Crippen molar-refractivity contribution in [3.63, 3.8) is 0 Å². The van der Waals surface area contributed by atoms with Crippen molar-refractivity contribution in [1.29, 1.82) is 0 Å². The number of nitrogens with zero attached hydrogens (tertiary/aromatic N) is 4. The number of aromatic nitrogens is 3. The molecule has 2 aliphatic rings. The number of likely N-dealkylation sites (tertiary alicyclic amines) is 1. The van der Waals surface area contributed by atoms with Gasteiger partial charge in [0.05, 0.1) is 5.69 Å². The van der Waals surface area contributed by atoms with Crippen LogP contribution in [0.5, 0.6) is 0 Å². The van der Waals surface area contributed by atoms with Crippen LogP contribution in [0.25, 0.3) is 11.3 Å². The molecule has 0 bridgehead atoms. The molecule has 3 aromatic rings. The minimum atomic E-state index is 0.119. The van der Waals surface area contributed by atoms with E-state index in [-0.39, 0.29) is 17.7 Å². The van der Waals surface area contributed by atoms with Gasteiger partial charge in [-0.25, -0.2) is 9.97 Å². The summed E-state index contributed by atoms with van der Waals surface area (Å²) in [6.45, 7) is 1.51. The molecule has 0 unspecified atom stereocenters. The van der Waals surface area contributed by atoms with E-state index in [9.17, 15) is 4.79 Å². The standard InChI is InChI=1S/C27H29N5O/c33-27(21-8-3-1-4-9-21)32-17-7-10-22(19-32)26-30-24(20-13-15-28-16-14-20)18-25(31-26)29-23-11-5-2-6-12-23/h1-3,5-6,11-16,18,21-22H,4,7-10,17,19H2,(H,29,30,31)/t21-,22-/m1/s1. The summed E-state index contributed by atoms with van der Waals surface area (Å²) in [6.07, 6.45) is 12.7. The number of piperidine rings is 1. The number of pyridine rings is 1. The lowest BCUT2D eigenvalue weighted by molar-refractivity contribution is -0.137. The average Bonchev–Trinajstić information content (AvgIpc) is 2.90. The van der Waals surface area contributed by atoms with Gasteiger partial charge in [-0.1, -0.05) is 30.4 Å². The molecule has 1 aliphatic carbocycles. The fourth-order valence-electron chi connectivity index (χ4n) is 4.72. The first-order valence-corrected chi connectivity index (χ1v) is 11.8. The smallest absolute Gasteiger partial charge is 0.226 e. The van der Waals surface area contributed by atoms with Crippen LogP contribution in [0.4, 0.5) is 11.5 Å². The summed E-state index contributed by atoms with van der Waals surface area (Å²) in [5.74, 6) is 2.09. The van der Waals surface area contributed by atoms with E-state index in [1.165, 1.54) is 0 Å². The maximum Gasteiger partial charge on any atom is 0.226 e. The number of carbonyl (C=O) groups is 1. The molecule has 1 N–H and O–H groups in total. The quantitative estimate of drug-likeness (QED) is 0.543. The molecule has 0 radical (unpaired) electrons. The Labute approximate surface area is 194 Å². The first-order valence-electron chi connectivity index (χ1n) is 11.8. The second-order valence-electron chi connectivity index (χ2n) is 8.83. The van der Waals surface area contributed by atoms with Gasteiger partial charge in [-0.2, -0.15) is 0 Å². The summed E-state index contributed by atoms with van der Waals surface area (Å²) in [7, 11) is 0. The first kappa shape index (κ1) is 21.3. The molecule has 1 saturated heterocycles. The topological polar surface area (TPSA) is 71.0 Å². The zero-order chi connectivity index (χ0) is 22.5. The third-order valence-electron chi connectivity index (χ3n) is 6.48. The Kier molecular flexibility index (Phi) is 6.42. The van der Waals surface area contributed by atoms with E-state index in [4.69, 9.17) is 9.97 Å². The van der Waals surface area contributed by atoms with Crippen LogP contribution in [-0.4, -0.2) is 38.8 Å². The van der Waals surface area contributed by atoms with Gasteiger partial charge in [0.25, 0.3) is 0 Å². The largest absolute Gasteiger partial charge is 0.342 e. The minimum absolute atomic E-state index is 0.119. The Morgan fingerprint density at radius 3 is 2.64 bits per heavy atom. The number of para-hydroxylation sites is 1. The second-order valence-corrected chi connectivity index (χ2v) is 8.83. The van der Waals surface area contributed by atoms with Crippen molar-refractivity contribution in [3.05, 3.63) is 78.9 Å². The molecule has 1 aliphatic heterocycles. The predicted molar refractivity (Wildman–Crippen MR) is 130 cm³/mol. The van der Waals surface area contributed by atoms with Gasteiger partial charge >= 0.3 is 0 Å². The van der Waals surface area contributed by atoms with Crippen LogP contribution >= 0.6 is 0 Å². The van der Waals surface area contributed by atoms with E-state index < -0.39 is 0 Å². The number of anilines is 2. The SMILES string of the molecule is O=C([C@@H]1CC=CCC1)N1CCC[C@@H](c2nc(Nc3ccccc3)cc(-c3ccncc3)n2)C1. The number of allylic oxidation sites excluding steroid dienone is 2. The fraction of sp³-hybridized carbons (Fsp3) is 0.333. The van der Waals surface area contributed by atoms with Gasteiger partial charge in [0.2, 0.25) is 5.91 Å². The van der Waals surface area contributed by atoms with Gasteiger partial charge in [0.1, 0.15) is 11.6 Å². The lowest BCUT2D eigenvalue weighted by Crippen LogP contribution is -2.42. The Morgan fingerprint density at radius 2 is 1.85 bits per heavy atom. The number of carbonyl (C=O) groups excluding carboxylic acids is 1. The van der Waals surface area contributed by atoms with Crippen LogP contribution in [0.2, 0.25) is 0 Å². The predicted octanol–water partition coefficient (Wildman–Crippen LogP) is 5.34. The van der Waals surface area contributed by atoms with Gasteiger partial charge < -0.3 is 10.2 Å². The maximum absolute atomic E-state index is 13.2. The molecule has 1 fully saturated rings. The van der Waals surface area contributed by atoms with Crippen molar-refractivity contribution >= 4 is 17.4 Å². The van der Waals surface area contributed by atoms with Crippen molar-refractivity contribution in [3.8, 4) is 11.3 Å². The third-order valence-corrected chi connectivity index (χ3v) is 6.48. The summed E-state index contributed by atoms with van der Waals surface area (Å²) in [4.78, 5) is 29.2. The molecule has 168 valence electrons. The number of rotatable bonds is 5. The zero-order valence-electron chi connectivity index (χ0n) is 18.7. The molecule has 0 saturated carbocycles. The highest BCUT2D eigenvalue weighted by Gasteiger charge is 2.31. The van der Waals surface area contributed by atoms with E-state index in [0.29, 0.717) is 6.54 Å². The summed E-state index contributed by atoms with van der Waals surface area (Å²) in [6, 6.07) is 15.9. The van der Waals surface area contributed by atoms with Crippen molar-refractivity contribution in [1.82, 2.24) is 19.9 Å². The summed E-state index contributed by atoms with van der Waals surface area (Å²) in [5.41, 5.74) is 2.85. The monoisotopic (exact) mass is 439 g/mol. The lowest BCUT2D eigenvalue weighted by atomic mass is 9.90. The Balaban J connectivity index is 1.42. The molecule has 33 heavy (non-hydrogen) atoms. The maximum atomic E-state index is 13.2. The minimum Gasteiger partial charge on any atom is -0.342 e. The number of amides is 1. The van der Waals surface area contributed by atoms with E-state index in [0.717, 1.165) is 67.2 Å². The molecule has 1 aromatic carbocycles. The van der Waals surface area contributed by atoms with Gasteiger partial charge in [-0.3, -0.25) is 9.78 Å². The number of benzene rings is 1. The van der Waals surface area contributed by atoms with E-state index >= 15 is 0 Å². The normalized spacial score (nSPS) is 20.4. The molecule has 6 nitrogen and oxygen atoms in total. The van der Waals surface area contributed by atoms with Crippen LogP contribution < -0.4 is 5.32 Å². The van der Waals surface area contributed by atoms with Crippen LogP contribution in [-0.2, 0) is 4.79 Å². The van der Waals surface area contributed by atoms with Gasteiger partial charge in [-0.15, -0.1) is 0 Å². The van der Waals surface area contributed by atoms with Crippen LogP contribution in [0.1, 0.15) is 43.8 Å². The Hall–Kier alpha value is -3.54. The van der Waals surface area contributed by atoms with Crippen LogP contribution in [0.3, 0.4) is 0 Å². The van der Waals surface area contributed by atoms with Gasteiger partial charge in [0.15, 0.2) is 0 Å². The van der Waals surface area contributed by atoms with Crippen molar-refractivity contribution in [2.45, 2.75) is 38.0 Å². The summed E-state index contributed by atoms with van der Waals surface area (Å²) >= 11 is 0. The van der Waals surface area contributed by atoms with Crippen molar-refractivity contribution in [2.75, 3.05) is 18.4 Å². The number of hydrogen-bond donors (Lipinski definition) is 1. The highest BCUT2D eigenvalue weighted by atomic mass is 16.2. The molecule has 3 heterocycles. The molecular weight excluding hydrogens is 410 g/mol. The highest BCUT2D eigenvalue weighted by molar-refractivity contribution is 5.79. The average molecular weight is 440 g/mol. The van der Waals surface area contributed by atoms with Gasteiger partial charge in [-0.05, 0) is 56.4 Å². The lowest BCUT2D eigenvalue weighted by Gasteiger charge is -2.35. The van der Waals surface area contributed by atoms with E-state index in [1.54, 1.807) is 12.4 Å². The Morgan fingerprint density at radius 1 is 1.00 bits per heavy atom. The molecule has 0 spiro atoms. The molecule has 2 aromatic heterocycles. The number of hydrogen-bond acceptors (Lipinski definition) is 5. The molecule has 2 atom stereocenters. The van der Waals surface area contributed by atoms with Gasteiger partial charge in [0, 0.05) is 54.6 Å². The van der Waals surface area contributed by atoms with Crippen LogP contribution in [0.15, 0.2) is 73.1 Å². The highest BCUT2D eigenvalue weighted by Crippen LogP contribution is 2.31. The fourth-order valence-corrected chi connectivity index (χ4v) is 4.72. The van der Waals surface area contributed by atoms with E-state index in [2.05, 4.69) is 22.5 Å².